The van der Waals surface area contributed by atoms with Gasteiger partial charge in [-0.2, -0.15) is 0 Å². The number of aromatic amines is 1. The number of benzene rings is 2. The van der Waals surface area contributed by atoms with Gasteiger partial charge in [-0.3, -0.25) is 9.80 Å². The molecule has 3 heterocycles. The molecule has 2 aromatic carbocycles. The number of amides is 2. The highest BCUT2D eigenvalue weighted by Crippen LogP contribution is 2.29. The lowest BCUT2D eigenvalue weighted by Crippen LogP contribution is -2.49. The Balaban J connectivity index is 1.16. The smallest absolute Gasteiger partial charge is 0.338 e. The van der Waals surface area contributed by atoms with E-state index in [1.807, 2.05) is 58.3 Å². The fourth-order valence-electron chi connectivity index (χ4n) is 4.62. The summed E-state index contributed by atoms with van der Waals surface area (Å²) in [6.45, 7) is 6.57. The van der Waals surface area contributed by atoms with Crippen molar-refractivity contribution < 1.29 is 14.7 Å². The summed E-state index contributed by atoms with van der Waals surface area (Å²) in [5.74, 6) is -0.972. The van der Waals surface area contributed by atoms with Gasteiger partial charge in [0.05, 0.1) is 23.0 Å². The molecule has 2 aliphatic rings. The molecule has 2 fully saturated rings. The second kappa shape index (κ2) is 8.55. The van der Waals surface area contributed by atoms with Crippen molar-refractivity contribution in [2.75, 3.05) is 62.2 Å². The number of anilines is 2. The summed E-state index contributed by atoms with van der Waals surface area (Å²) in [4.78, 5) is 35.6. The molecule has 0 atom stereocenters. The molecule has 165 valence electrons. The molecule has 1 radical (unpaired) electrons. The Labute approximate surface area is 186 Å². The number of hydrogen-bond acceptors (Lipinski definition) is 4. The van der Waals surface area contributed by atoms with Crippen LogP contribution in [0.1, 0.15) is 10.4 Å². The van der Waals surface area contributed by atoms with Gasteiger partial charge in [0.15, 0.2) is 0 Å². The van der Waals surface area contributed by atoms with E-state index in [1.165, 1.54) is 0 Å². The number of piperazine rings is 1. The number of carboxylic acids is 1. The number of rotatable bonds is 6. The number of hydrogen-bond donors (Lipinski definition) is 2. The van der Waals surface area contributed by atoms with Crippen molar-refractivity contribution >= 4 is 34.3 Å². The first-order chi connectivity index (χ1) is 15.6. The summed E-state index contributed by atoms with van der Waals surface area (Å²) in [7, 11) is 0. The fourth-order valence-corrected chi connectivity index (χ4v) is 4.62. The monoisotopic (exact) mass is 432 g/mol. The predicted octanol–water partition coefficient (Wildman–Crippen LogP) is 2.73. The number of urea groups is 1. The zero-order valence-corrected chi connectivity index (χ0v) is 17.8. The number of carbonyl (C=O) groups is 2. The van der Waals surface area contributed by atoms with Crippen LogP contribution in [-0.2, 0) is 0 Å². The highest BCUT2D eigenvalue weighted by Gasteiger charge is 2.30. The van der Waals surface area contributed by atoms with Crippen LogP contribution < -0.4 is 9.80 Å². The van der Waals surface area contributed by atoms with E-state index in [2.05, 4.69) is 21.0 Å². The molecule has 2 amide bonds. The topological polar surface area (TPSA) is 83.1 Å². The lowest BCUT2D eigenvalue weighted by molar-refractivity contribution is 0.0698. The Hall–Kier alpha value is -3.52. The predicted molar refractivity (Wildman–Crippen MR) is 124 cm³/mol. The zero-order valence-electron chi connectivity index (χ0n) is 17.8. The van der Waals surface area contributed by atoms with Gasteiger partial charge in [-0.1, -0.05) is 30.3 Å². The van der Waals surface area contributed by atoms with E-state index in [-0.39, 0.29) is 11.6 Å². The molecule has 1 aromatic heterocycles. The molecule has 3 aromatic rings. The third-order valence-corrected chi connectivity index (χ3v) is 6.40. The standard InChI is InChI=1S/C24H26N5O3/c30-23(31)20-17-25-22-19(20)7-4-8-21(22)27-12-9-26(10-13-27)11-14-28-15-16-29(24(28)32)18-5-2-1-3-6-18/h1-8,25H,9-16H2,(H,30,31). The van der Waals surface area contributed by atoms with Crippen LogP contribution in [0.3, 0.4) is 0 Å². The molecule has 8 heteroatoms. The van der Waals surface area contributed by atoms with Crippen LogP contribution in [0.25, 0.3) is 10.9 Å². The first kappa shape index (κ1) is 20.4. The number of aromatic nitrogens is 1. The maximum Gasteiger partial charge on any atom is 0.338 e. The zero-order chi connectivity index (χ0) is 22.1. The summed E-state index contributed by atoms with van der Waals surface area (Å²) in [6, 6.07) is 15.6. The van der Waals surface area contributed by atoms with Gasteiger partial charge in [0, 0.05) is 63.4 Å². The van der Waals surface area contributed by atoms with Gasteiger partial charge in [0.1, 0.15) is 0 Å². The molecule has 0 unspecified atom stereocenters. The van der Waals surface area contributed by atoms with Crippen LogP contribution in [0, 0.1) is 6.20 Å². The molecular formula is C24H26N5O3. The maximum absolute atomic E-state index is 12.8. The van der Waals surface area contributed by atoms with Crippen molar-refractivity contribution in [3.05, 3.63) is 60.3 Å². The Morgan fingerprint density at radius 3 is 2.47 bits per heavy atom. The average Bonchev–Trinajstić information content (AvgIpc) is 3.42. The normalized spacial score (nSPS) is 17.5. The van der Waals surface area contributed by atoms with E-state index in [0.29, 0.717) is 5.39 Å². The van der Waals surface area contributed by atoms with Gasteiger partial charge < -0.3 is 19.9 Å². The van der Waals surface area contributed by atoms with E-state index in [1.54, 1.807) is 0 Å². The van der Waals surface area contributed by atoms with E-state index in [9.17, 15) is 14.7 Å². The number of nitrogens with zero attached hydrogens (tertiary/aromatic N) is 4. The summed E-state index contributed by atoms with van der Waals surface area (Å²) in [5.41, 5.74) is 2.97. The average molecular weight is 433 g/mol. The highest BCUT2D eigenvalue weighted by molar-refractivity contribution is 6.06. The lowest BCUT2D eigenvalue weighted by Gasteiger charge is -2.36. The van der Waals surface area contributed by atoms with Gasteiger partial charge in [0.2, 0.25) is 0 Å². The van der Waals surface area contributed by atoms with Crippen molar-refractivity contribution in [3.63, 3.8) is 0 Å². The number of fused-ring (bicyclic) bond motifs is 1. The molecule has 5 rings (SSSR count). The fraction of sp³-hybridized carbons (Fsp3) is 0.333. The number of H-pyrrole nitrogens is 1. The van der Waals surface area contributed by atoms with Crippen LogP contribution in [-0.4, -0.2) is 84.2 Å². The minimum absolute atomic E-state index is 0.0822. The second-order valence-corrected chi connectivity index (χ2v) is 8.22. The molecule has 0 bridgehead atoms. The number of aromatic carboxylic acids is 1. The molecule has 8 nitrogen and oxygen atoms in total. The minimum atomic E-state index is -0.972. The molecule has 0 spiro atoms. The second-order valence-electron chi connectivity index (χ2n) is 8.22. The van der Waals surface area contributed by atoms with Crippen LogP contribution >= 0.6 is 0 Å². The van der Waals surface area contributed by atoms with Gasteiger partial charge in [-0.15, -0.1) is 0 Å². The van der Waals surface area contributed by atoms with Crippen LogP contribution in [0.2, 0.25) is 0 Å². The van der Waals surface area contributed by atoms with Crippen molar-refractivity contribution in [1.82, 2.24) is 14.8 Å². The largest absolute Gasteiger partial charge is 0.478 e. The number of nitrogens with one attached hydrogen (secondary N) is 1. The summed E-state index contributed by atoms with van der Waals surface area (Å²) in [6.07, 6.45) is 2.77. The minimum Gasteiger partial charge on any atom is -0.478 e. The Morgan fingerprint density at radius 1 is 0.938 bits per heavy atom. The van der Waals surface area contributed by atoms with E-state index >= 15 is 0 Å². The molecule has 2 aliphatic heterocycles. The first-order valence-electron chi connectivity index (χ1n) is 11.0. The van der Waals surface area contributed by atoms with E-state index in [0.717, 1.165) is 69.2 Å². The molecule has 2 N–H and O–H groups in total. The van der Waals surface area contributed by atoms with Gasteiger partial charge in [-0.05, 0) is 18.2 Å². The number of para-hydroxylation sites is 2. The third kappa shape index (κ3) is 3.78. The summed E-state index contributed by atoms with van der Waals surface area (Å²) in [5, 5.41) is 10.0. The Kier molecular flexibility index (Phi) is 5.45. The van der Waals surface area contributed by atoms with Gasteiger partial charge in [0.25, 0.3) is 0 Å². The van der Waals surface area contributed by atoms with E-state index < -0.39 is 5.97 Å². The number of carboxylic acid groups (broad SMARTS) is 1. The Morgan fingerprint density at radius 2 is 1.72 bits per heavy atom. The molecular weight excluding hydrogens is 406 g/mol. The van der Waals surface area contributed by atoms with E-state index in [4.69, 9.17) is 0 Å². The van der Waals surface area contributed by atoms with Crippen molar-refractivity contribution in [2.45, 2.75) is 0 Å². The summed E-state index contributed by atoms with van der Waals surface area (Å²) < 4.78 is 0. The van der Waals surface area contributed by atoms with Gasteiger partial charge >= 0.3 is 12.0 Å². The summed E-state index contributed by atoms with van der Waals surface area (Å²) >= 11 is 0. The first-order valence-corrected chi connectivity index (χ1v) is 11.0. The van der Waals surface area contributed by atoms with Crippen LogP contribution in [0.15, 0.2) is 48.5 Å². The van der Waals surface area contributed by atoms with Crippen molar-refractivity contribution in [2.24, 2.45) is 0 Å². The van der Waals surface area contributed by atoms with Crippen molar-refractivity contribution in [1.29, 1.82) is 0 Å². The molecule has 2 saturated heterocycles. The quantitative estimate of drug-likeness (QED) is 0.626. The molecule has 32 heavy (non-hydrogen) atoms. The highest BCUT2D eigenvalue weighted by atomic mass is 16.4. The lowest BCUT2D eigenvalue weighted by atomic mass is 10.1. The van der Waals surface area contributed by atoms with Crippen LogP contribution in [0.4, 0.5) is 16.2 Å². The van der Waals surface area contributed by atoms with Crippen LogP contribution in [0.5, 0.6) is 0 Å². The Bertz CT molecular complexity index is 1120. The molecule has 0 saturated carbocycles. The van der Waals surface area contributed by atoms with Crippen molar-refractivity contribution in [3.8, 4) is 0 Å². The SMILES string of the molecule is O=C(O)c1[c][nH]c2c(N3CCN(CCN4CCN(c5ccccc5)C4=O)CC3)cccc12. The molecule has 0 aliphatic carbocycles. The van der Waals surface area contributed by atoms with Gasteiger partial charge in [-0.25, -0.2) is 9.59 Å². The third-order valence-electron chi connectivity index (χ3n) is 6.40. The maximum atomic E-state index is 12.8. The number of carbonyl (C=O) groups excluding carboxylic acids is 1.